The molecule has 0 aliphatic carbocycles. The van der Waals surface area contributed by atoms with Crippen LogP contribution in [0.2, 0.25) is 0 Å². The van der Waals surface area contributed by atoms with Crippen molar-refractivity contribution in [2.24, 2.45) is 5.92 Å². The Morgan fingerprint density at radius 2 is 2.22 bits per heavy atom. The molecule has 7 heteroatoms. The van der Waals surface area contributed by atoms with Crippen molar-refractivity contribution < 1.29 is 8.42 Å². The van der Waals surface area contributed by atoms with Crippen LogP contribution < -0.4 is 0 Å². The Kier molecular flexibility index (Phi) is 4.79. The zero-order valence-corrected chi connectivity index (χ0v) is 15.0. The van der Waals surface area contributed by atoms with Gasteiger partial charge in [0.2, 0.25) is 10.0 Å². The molecule has 0 bridgehead atoms. The van der Waals surface area contributed by atoms with Crippen molar-refractivity contribution in [1.82, 2.24) is 14.3 Å². The Labute approximate surface area is 141 Å². The summed E-state index contributed by atoms with van der Waals surface area (Å²) in [6.45, 7) is 3.24. The molecule has 0 N–H and O–H groups in total. The van der Waals surface area contributed by atoms with Crippen molar-refractivity contribution >= 4 is 21.4 Å². The highest BCUT2D eigenvalue weighted by Crippen LogP contribution is 2.24. The van der Waals surface area contributed by atoms with E-state index in [1.165, 1.54) is 6.26 Å². The van der Waals surface area contributed by atoms with Gasteiger partial charge < -0.3 is 0 Å². The van der Waals surface area contributed by atoms with E-state index in [0.29, 0.717) is 19.0 Å². The average molecular weight is 351 g/mol. The standard InChI is InChI=1S/C16H21N3O2S2/c1-12-11-22-16(18-12)15-6-5-13(9-17-15)8-14-4-3-7-19(10-14)23(2,20)21/h5-6,9,11,14H,3-4,7-8,10H2,1-2H3/t14-/m0/s1. The third kappa shape index (κ3) is 4.16. The van der Waals surface area contributed by atoms with E-state index in [2.05, 4.69) is 16.0 Å². The summed E-state index contributed by atoms with van der Waals surface area (Å²) in [7, 11) is -3.08. The van der Waals surface area contributed by atoms with Crippen molar-refractivity contribution in [2.75, 3.05) is 19.3 Å². The van der Waals surface area contributed by atoms with Crippen molar-refractivity contribution in [3.05, 3.63) is 35.0 Å². The highest BCUT2D eigenvalue weighted by Gasteiger charge is 2.25. The number of thiazole rings is 1. The fourth-order valence-electron chi connectivity index (χ4n) is 2.97. The molecule has 1 fully saturated rings. The van der Waals surface area contributed by atoms with Gasteiger partial charge in [-0.25, -0.2) is 17.7 Å². The highest BCUT2D eigenvalue weighted by molar-refractivity contribution is 7.88. The molecule has 23 heavy (non-hydrogen) atoms. The predicted octanol–water partition coefficient (Wildman–Crippen LogP) is 2.73. The molecule has 0 radical (unpaired) electrons. The topological polar surface area (TPSA) is 63.2 Å². The SMILES string of the molecule is Cc1csc(-c2ccc(C[C@@H]3CCCN(S(C)(=O)=O)C3)cn2)n1. The number of sulfonamides is 1. The fourth-order valence-corrected chi connectivity index (χ4v) is 4.69. The van der Waals surface area contributed by atoms with Gasteiger partial charge in [-0.05, 0) is 43.7 Å². The minimum absolute atomic E-state index is 0.369. The first-order chi connectivity index (χ1) is 10.9. The van der Waals surface area contributed by atoms with Crippen LogP contribution in [0.15, 0.2) is 23.7 Å². The first kappa shape index (κ1) is 16.5. The molecule has 0 aromatic carbocycles. The van der Waals surface area contributed by atoms with Crippen LogP contribution in [0.25, 0.3) is 10.7 Å². The zero-order chi connectivity index (χ0) is 16.4. The lowest BCUT2D eigenvalue weighted by Gasteiger charge is -2.30. The van der Waals surface area contributed by atoms with Crippen LogP contribution >= 0.6 is 11.3 Å². The lowest BCUT2D eigenvalue weighted by Crippen LogP contribution is -2.39. The van der Waals surface area contributed by atoms with Gasteiger partial charge in [-0.15, -0.1) is 11.3 Å². The normalized spacial score (nSPS) is 19.8. The molecule has 1 saturated heterocycles. The van der Waals surface area contributed by atoms with E-state index >= 15 is 0 Å². The van der Waals surface area contributed by atoms with Gasteiger partial charge in [0.05, 0.1) is 11.9 Å². The lowest BCUT2D eigenvalue weighted by molar-refractivity contribution is 0.266. The van der Waals surface area contributed by atoms with E-state index in [9.17, 15) is 8.42 Å². The Bertz CT molecular complexity index is 769. The molecule has 1 aliphatic rings. The number of nitrogens with zero attached hydrogens (tertiary/aromatic N) is 3. The van der Waals surface area contributed by atoms with Crippen LogP contribution in [0.5, 0.6) is 0 Å². The molecular weight excluding hydrogens is 330 g/mol. The number of rotatable bonds is 4. The van der Waals surface area contributed by atoms with E-state index in [-0.39, 0.29) is 0 Å². The second-order valence-electron chi connectivity index (χ2n) is 6.18. The van der Waals surface area contributed by atoms with Gasteiger partial charge in [-0.3, -0.25) is 4.98 Å². The number of hydrogen-bond acceptors (Lipinski definition) is 5. The molecule has 2 aromatic rings. The van der Waals surface area contributed by atoms with Gasteiger partial charge in [-0.1, -0.05) is 6.07 Å². The summed E-state index contributed by atoms with van der Waals surface area (Å²) in [6.07, 6.45) is 6.06. The first-order valence-electron chi connectivity index (χ1n) is 7.74. The first-order valence-corrected chi connectivity index (χ1v) is 10.5. The molecule has 1 aliphatic heterocycles. The summed E-state index contributed by atoms with van der Waals surface area (Å²) in [5.74, 6) is 0.369. The maximum Gasteiger partial charge on any atom is 0.211 e. The van der Waals surface area contributed by atoms with Crippen LogP contribution in [0.4, 0.5) is 0 Å². The molecule has 124 valence electrons. The lowest BCUT2D eigenvalue weighted by atomic mass is 9.93. The molecule has 2 aromatic heterocycles. The van der Waals surface area contributed by atoms with Crippen LogP contribution in [0.1, 0.15) is 24.1 Å². The molecule has 0 saturated carbocycles. The van der Waals surface area contributed by atoms with E-state index in [0.717, 1.165) is 41.2 Å². The van der Waals surface area contributed by atoms with Crippen molar-refractivity contribution in [1.29, 1.82) is 0 Å². The van der Waals surface area contributed by atoms with Gasteiger partial charge in [0.1, 0.15) is 5.01 Å². The van der Waals surface area contributed by atoms with E-state index in [1.807, 2.05) is 24.6 Å². The Hall–Kier alpha value is -1.31. The molecule has 5 nitrogen and oxygen atoms in total. The van der Waals surface area contributed by atoms with Gasteiger partial charge in [0, 0.05) is 30.4 Å². The minimum atomic E-state index is -3.08. The smallest absolute Gasteiger partial charge is 0.211 e. The molecule has 0 unspecified atom stereocenters. The summed E-state index contributed by atoms with van der Waals surface area (Å²) < 4.78 is 25.0. The Balaban J connectivity index is 1.66. The maximum absolute atomic E-state index is 11.7. The number of piperidine rings is 1. The fraction of sp³-hybridized carbons (Fsp3) is 0.500. The summed E-state index contributed by atoms with van der Waals surface area (Å²) in [4.78, 5) is 8.96. The molecule has 0 spiro atoms. The summed E-state index contributed by atoms with van der Waals surface area (Å²) in [5.41, 5.74) is 3.06. The van der Waals surface area contributed by atoms with Crippen LogP contribution in [-0.4, -0.2) is 42.0 Å². The van der Waals surface area contributed by atoms with Gasteiger partial charge >= 0.3 is 0 Å². The van der Waals surface area contributed by atoms with Crippen LogP contribution in [0, 0.1) is 12.8 Å². The molecule has 1 atom stereocenters. The Morgan fingerprint density at radius 3 is 2.83 bits per heavy atom. The molecular formula is C16H21N3O2S2. The monoisotopic (exact) mass is 351 g/mol. The largest absolute Gasteiger partial charge is 0.253 e. The third-order valence-corrected chi connectivity index (χ3v) is 6.39. The number of aromatic nitrogens is 2. The predicted molar refractivity (Wildman–Crippen MR) is 92.9 cm³/mol. The molecule has 3 heterocycles. The number of hydrogen-bond donors (Lipinski definition) is 0. The van der Waals surface area contributed by atoms with Gasteiger partial charge in [0.15, 0.2) is 0 Å². The van der Waals surface area contributed by atoms with E-state index in [1.54, 1.807) is 15.6 Å². The van der Waals surface area contributed by atoms with Crippen LogP contribution in [0.3, 0.4) is 0 Å². The quantitative estimate of drug-likeness (QED) is 0.850. The van der Waals surface area contributed by atoms with E-state index < -0.39 is 10.0 Å². The van der Waals surface area contributed by atoms with Crippen molar-refractivity contribution in [3.8, 4) is 10.7 Å². The number of aryl methyl sites for hydroxylation is 1. The third-order valence-electron chi connectivity index (χ3n) is 4.14. The molecule has 0 amide bonds. The van der Waals surface area contributed by atoms with Gasteiger partial charge in [-0.2, -0.15) is 0 Å². The average Bonchev–Trinajstić information content (AvgIpc) is 2.94. The Morgan fingerprint density at radius 1 is 1.39 bits per heavy atom. The highest BCUT2D eigenvalue weighted by atomic mass is 32.2. The van der Waals surface area contributed by atoms with E-state index in [4.69, 9.17) is 0 Å². The van der Waals surface area contributed by atoms with Crippen molar-refractivity contribution in [2.45, 2.75) is 26.2 Å². The zero-order valence-electron chi connectivity index (χ0n) is 13.4. The minimum Gasteiger partial charge on any atom is -0.253 e. The summed E-state index contributed by atoms with van der Waals surface area (Å²) in [5, 5.41) is 2.96. The summed E-state index contributed by atoms with van der Waals surface area (Å²) >= 11 is 1.60. The molecule has 3 rings (SSSR count). The van der Waals surface area contributed by atoms with Crippen LogP contribution in [-0.2, 0) is 16.4 Å². The maximum atomic E-state index is 11.7. The van der Waals surface area contributed by atoms with Gasteiger partial charge in [0.25, 0.3) is 0 Å². The number of pyridine rings is 1. The second kappa shape index (κ2) is 6.67. The summed E-state index contributed by atoms with van der Waals surface area (Å²) in [6, 6.07) is 4.09. The van der Waals surface area contributed by atoms with Crippen molar-refractivity contribution in [3.63, 3.8) is 0 Å². The second-order valence-corrected chi connectivity index (χ2v) is 9.02.